The Morgan fingerprint density at radius 3 is 2.48 bits per heavy atom. The van der Waals surface area contributed by atoms with Crippen LogP contribution in [-0.4, -0.2) is 26.5 Å². The highest BCUT2D eigenvalue weighted by molar-refractivity contribution is 6.30. The van der Waals surface area contributed by atoms with E-state index in [-0.39, 0.29) is 11.5 Å². The molecule has 0 fully saturated rings. The second-order valence-corrected chi connectivity index (χ2v) is 5.89. The molecule has 0 saturated carbocycles. The number of carbonyl (C=O) groups is 1. The molecule has 10 heteroatoms. The Labute approximate surface area is 157 Å². The molecule has 144 valence electrons. The van der Waals surface area contributed by atoms with E-state index in [1.165, 1.54) is 0 Å². The molecule has 0 N–H and O–H groups in total. The number of rotatable bonds is 6. The molecule has 0 saturated heterocycles. The predicted octanol–water partition coefficient (Wildman–Crippen LogP) is 3.85. The third-order valence-electron chi connectivity index (χ3n) is 3.45. The van der Waals surface area contributed by atoms with Crippen LogP contribution < -0.4 is 5.69 Å². The Morgan fingerprint density at radius 1 is 1.33 bits per heavy atom. The number of hydrogen-bond donors (Lipinski definition) is 0. The summed E-state index contributed by atoms with van der Waals surface area (Å²) < 4.78 is 44.4. The highest BCUT2D eigenvalue weighted by atomic mass is 35.5. The van der Waals surface area contributed by atoms with Crippen molar-refractivity contribution >= 4 is 23.3 Å². The van der Waals surface area contributed by atoms with E-state index in [0.29, 0.717) is 10.6 Å². The molecule has 6 nitrogen and oxygen atoms in total. The fourth-order valence-electron chi connectivity index (χ4n) is 2.21. The molecule has 0 aliphatic heterocycles. The molecule has 0 spiro atoms. The van der Waals surface area contributed by atoms with Crippen molar-refractivity contribution in [2.24, 2.45) is 0 Å². The number of halogens is 4. The molecule has 0 atom stereocenters. The molecule has 0 radical (unpaired) electrons. The van der Waals surface area contributed by atoms with Gasteiger partial charge in [-0.3, -0.25) is 4.79 Å². The minimum Gasteiger partial charge on any atom is -0.442 e. The van der Waals surface area contributed by atoms with Crippen LogP contribution in [0.1, 0.15) is 19.8 Å². The first kappa shape index (κ1) is 20.5. The van der Waals surface area contributed by atoms with Crippen molar-refractivity contribution in [3.63, 3.8) is 0 Å². The number of allylic oxidation sites excluding steroid dienone is 1. The monoisotopic (exact) mass is 401 g/mol. The first-order chi connectivity index (χ1) is 12.6. The normalized spacial score (nSPS) is 11.1. The lowest BCUT2D eigenvalue weighted by atomic mass is 10.2. The molecule has 2 rings (SSSR count). The third kappa shape index (κ3) is 5.35. The second-order valence-electron chi connectivity index (χ2n) is 5.45. The number of aromatic nitrogens is 3. The summed E-state index contributed by atoms with van der Waals surface area (Å²) in [4.78, 5) is 23.6. The van der Waals surface area contributed by atoms with E-state index < -0.39 is 37.4 Å². The summed E-state index contributed by atoms with van der Waals surface area (Å²) >= 11 is 5.85. The van der Waals surface area contributed by atoms with E-state index in [1.807, 2.05) is 0 Å². The summed E-state index contributed by atoms with van der Waals surface area (Å²) in [5.74, 6) is -0.585. The van der Waals surface area contributed by atoms with E-state index in [1.54, 1.807) is 24.3 Å². The average molecular weight is 402 g/mol. The van der Waals surface area contributed by atoms with Crippen LogP contribution >= 0.6 is 11.6 Å². The maximum Gasteiger partial charge on any atom is 0.389 e. The minimum absolute atomic E-state index is 0.0529. The van der Waals surface area contributed by atoms with Gasteiger partial charge in [0, 0.05) is 30.4 Å². The first-order valence-electron chi connectivity index (χ1n) is 7.67. The van der Waals surface area contributed by atoms with Crippen molar-refractivity contribution in [3.05, 3.63) is 52.1 Å². The average Bonchev–Trinajstić information content (AvgIpc) is 2.90. The Hall–Kier alpha value is -2.77. The van der Waals surface area contributed by atoms with Crippen LogP contribution in [0.2, 0.25) is 5.02 Å². The lowest BCUT2D eigenvalue weighted by molar-refractivity contribution is -0.145. The minimum atomic E-state index is -4.42. The SMILES string of the molecule is C=C=C(CCC(F)(F)F)n1c(-c2ccc(Cl)cc2)nn(COC(C)=O)c1=O. The van der Waals surface area contributed by atoms with Crippen LogP contribution in [0.3, 0.4) is 0 Å². The zero-order chi connectivity index (χ0) is 20.2. The molecule has 1 aromatic carbocycles. The van der Waals surface area contributed by atoms with Gasteiger partial charge in [-0.1, -0.05) is 18.2 Å². The molecular formula is C17H15ClF3N3O3. The van der Waals surface area contributed by atoms with Gasteiger partial charge < -0.3 is 4.74 Å². The quantitative estimate of drug-likeness (QED) is 0.544. The lowest BCUT2D eigenvalue weighted by Gasteiger charge is -2.10. The summed E-state index contributed by atoms with van der Waals surface area (Å²) in [7, 11) is 0. The Balaban J connectivity index is 2.55. The zero-order valence-corrected chi connectivity index (χ0v) is 15.0. The maximum absolute atomic E-state index is 12.6. The van der Waals surface area contributed by atoms with Crippen molar-refractivity contribution in [2.45, 2.75) is 32.7 Å². The van der Waals surface area contributed by atoms with Gasteiger partial charge in [-0.25, -0.2) is 9.36 Å². The van der Waals surface area contributed by atoms with Crippen molar-refractivity contribution in [1.82, 2.24) is 14.3 Å². The smallest absolute Gasteiger partial charge is 0.389 e. The molecular weight excluding hydrogens is 387 g/mol. The summed E-state index contributed by atoms with van der Waals surface area (Å²) in [5.41, 5.74) is 1.92. The van der Waals surface area contributed by atoms with E-state index in [2.05, 4.69) is 17.4 Å². The van der Waals surface area contributed by atoms with Crippen LogP contribution in [0.5, 0.6) is 0 Å². The summed E-state index contributed by atoms with van der Waals surface area (Å²) in [5, 5.41) is 4.51. The third-order valence-corrected chi connectivity index (χ3v) is 3.70. The van der Waals surface area contributed by atoms with Gasteiger partial charge in [-0.2, -0.15) is 17.9 Å². The molecule has 0 bridgehead atoms. The predicted molar refractivity (Wildman–Crippen MR) is 92.8 cm³/mol. The van der Waals surface area contributed by atoms with E-state index >= 15 is 0 Å². The number of esters is 1. The van der Waals surface area contributed by atoms with Crippen LogP contribution in [0, 0.1) is 0 Å². The van der Waals surface area contributed by atoms with Gasteiger partial charge in [0.05, 0.1) is 5.70 Å². The molecule has 1 heterocycles. The molecule has 0 amide bonds. The highest BCUT2D eigenvalue weighted by Crippen LogP contribution is 2.27. The molecule has 27 heavy (non-hydrogen) atoms. The van der Waals surface area contributed by atoms with Gasteiger partial charge in [-0.05, 0) is 24.3 Å². The maximum atomic E-state index is 12.6. The lowest BCUT2D eigenvalue weighted by Crippen LogP contribution is -2.26. The Bertz CT molecular complexity index is 939. The largest absolute Gasteiger partial charge is 0.442 e. The summed E-state index contributed by atoms with van der Waals surface area (Å²) in [6.07, 6.45) is -6.10. The van der Waals surface area contributed by atoms with E-state index in [4.69, 9.17) is 16.3 Å². The van der Waals surface area contributed by atoms with E-state index in [9.17, 15) is 22.8 Å². The molecule has 0 unspecified atom stereocenters. The van der Waals surface area contributed by atoms with Crippen molar-refractivity contribution in [2.75, 3.05) is 0 Å². The molecule has 0 aliphatic carbocycles. The van der Waals surface area contributed by atoms with Gasteiger partial charge in [0.25, 0.3) is 0 Å². The topological polar surface area (TPSA) is 66.1 Å². The fourth-order valence-corrected chi connectivity index (χ4v) is 2.34. The van der Waals surface area contributed by atoms with Crippen molar-refractivity contribution in [3.8, 4) is 11.4 Å². The van der Waals surface area contributed by atoms with Gasteiger partial charge in [-0.15, -0.1) is 10.8 Å². The Kier molecular flexibility index (Phi) is 6.30. The number of nitrogens with zero attached hydrogens (tertiary/aromatic N) is 3. The summed E-state index contributed by atoms with van der Waals surface area (Å²) in [6, 6.07) is 6.20. The van der Waals surface area contributed by atoms with Gasteiger partial charge in [0.2, 0.25) is 0 Å². The van der Waals surface area contributed by atoms with Crippen LogP contribution in [0.4, 0.5) is 13.2 Å². The number of carbonyl (C=O) groups excluding carboxylic acids is 1. The van der Waals surface area contributed by atoms with Crippen LogP contribution in [-0.2, 0) is 16.3 Å². The number of alkyl halides is 3. The van der Waals surface area contributed by atoms with Gasteiger partial charge in [0.1, 0.15) is 0 Å². The van der Waals surface area contributed by atoms with E-state index in [0.717, 1.165) is 16.2 Å². The first-order valence-corrected chi connectivity index (χ1v) is 8.05. The van der Waals surface area contributed by atoms with Crippen molar-refractivity contribution in [1.29, 1.82) is 0 Å². The number of hydrogen-bond acceptors (Lipinski definition) is 4. The van der Waals surface area contributed by atoms with Crippen LogP contribution in [0.25, 0.3) is 17.1 Å². The summed E-state index contributed by atoms with van der Waals surface area (Å²) in [6.45, 7) is 4.05. The highest BCUT2D eigenvalue weighted by Gasteiger charge is 2.28. The number of ether oxygens (including phenoxy) is 1. The molecule has 2 aromatic rings. The zero-order valence-electron chi connectivity index (χ0n) is 14.2. The fraction of sp³-hybridized carbons (Fsp3) is 0.294. The standard InChI is InChI=1S/C17H15ClF3N3O3/c1-3-14(8-9-17(19,20)21)24-15(12-4-6-13(18)7-5-12)22-23(16(24)26)10-27-11(2)25/h4-7H,1,8-10H2,2H3. The van der Waals surface area contributed by atoms with Gasteiger partial charge >= 0.3 is 17.8 Å². The molecule has 0 aliphatic rings. The molecule has 1 aromatic heterocycles. The second kappa shape index (κ2) is 8.28. The van der Waals surface area contributed by atoms with Gasteiger partial charge in [0.15, 0.2) is 12.6 Å². The number of benzene rings is 1. The van der Waals surface area contributed by atoms with Crippen LogP contribution in [0.15, 0.2) is 41.4 Å². The van der Waals surface area contributed by atoms with Crippen molar-refractivity contribution < 1.29 is 22.7 Å². The Morgan fingerprint density at radius 2 is 1.96 bits per heavy atom.